The highest BCUT2D eigenvalue weighted by atomic mass is 16.5. The van der Waals surface area contributed by atoms with Crippen molar-refractivity contribution >= 4 is 33.8 Å². The molecule has 9 heteroatoms. The fourth-order valence-corrected chi connectivity index (χ4v) is 8.61. The van der Waals surface area contributed by atoms with Gasteiger partial charge >= 0.3 is 0 Å². The van der Waals surface area contributed by atoms with E-state index in [1.54, 1.807) is 7.11 Å². The summed E-state index contributed by atoms with van der Waals surface area (Å²) < 4.78 is 10.5. The minimum atomic E-state index is 0.0387. The topological polar surface area (TPSA) is 98.6 Å². The first kappa shape index (κ1) is 29.5. The highest BCUT2D eigenvalue weighted by molar-refractivity contribution is 6.01. The van der Waals surface area contributed by atoms with Crippen molar-refractivity contribution in [2.24, 2.45) is 24.6 Å². The van der Waals surface area contributed by atoms with Crippen molar-refractivity contribution in [1.29, 1.82) is 0 Å². The first-order valence-corrected chi connectivity index (χ1v) is 17.5. The number of aryl methyl sites for hydroxylation is 1. The van der Waals surface area contributed by atoms with Crippen molar-refractivity contribution in [1.82, 2.24) is 23.9 Å². The van der Waals surface area contributed by atoms with Gasteiger partial charge in [-0.1, -0.05) is 36.4 Å². The maximum absolute atomic E-state index is 13.9. The molecule has 5 aromatic rings. The molecular formula is C39H42N6O3. The number of amides is 2. The van der Waals surface area contributed by atoms with E-state index in [4.69, 9.17) is 15.5 Å². The number of ether oxygens (including phenoxy) is 1. The Labute approximate surface area is 280 Å². The monoisotopic (exact) mass is 642 g/mol. The van der Waals surface area contributed by atoms with Gasteiger partial charge in [0.25, 0.3) is 11.8 Å². The molecule has 48 heavy (non-hydrogen) atoms. The lowest BCUT2D eigenvalue weighted by atomic mass is 9.76. The Morgan fingerprint density at radius 1 is 0.896 bits per heavy atom. The van der Waals surface area contributed by atoms with E-state index < -0.39 is 0 Å². The summed E-state index contributed by atoms with van der Waals surface area (Å²) >= 11 is 0. The maximum atomic E-state index is 13.9. The van der Waals surface area contributed by atoms with Gasteiger partial charge in [-0.05, 0) is 79.8 Å². The summed E-state index contributed by atoms with van der Waals surface area (Å²) in [5.41, 5.74) is 13.0. The van der Waals surface area contributed by atoms with Crippen LogP contribution in [-0.4, -0.2) is 74.6 Å². The van der Waals surface area contributed by atoms with Gasteiger partial charge < -0.3 is 29.4 Å². The quantitative estimate of drug-likeness (QED) is 0.242. The molecule has 3 aromatic carbocycles. The van der Waals surface area contributed by atoms with Crippen LogP contribution in [0.4, 0.5) is 0 Å². The Morgan fingerprint density at radius 3 is 2.42 bits per heavy atom. The van der Waals surface area contributed by atoms with Gasteiger partial charge in [-0.3, -0.25) is 9.59 Å². The number of piperidine rings is 2. The number of rotatable bonds is 7. The van der Waals surface area contributed by atoms with Gasteiger partial charge in [0.05, 0.1) is 23.8 Å². The first-order valence-electron chi connectivity index (χ1n) is 17.5. The molecule has 3 saturated heterocycles. The number of nitrogens with two attached hydrogens (primary N) is 1. The van der Waals surface area contributed by atoms with Gasteiger partial charge in [-0.25, -0.2) is 4.98 Å². The number of aromatic nitrogens is 3. The zero-order chi connectivity index (χ0) is 32.7. The fraction of sp³-hybridized carbons (Fsp3) is 0.410. The molecule has 2 bridgehead atoms. The molecule has 0 unspecified atom stereocenters. The summed E-state index contributed by atoms with van der Waals surface area (Å²) in [4.78, 5) is 36.2. The van der Waals surface area contributed by atoms with Crippen LogP contribution in [0, 0.1) is 11.8 Å². The summed E-state index contributed by atoms with van der Waals surface area (Å²) in [6, 6.07) is 22.6. The molecular weight excluding hydrogens is 600 g/mol. The van der Waals surface area contributed by atoms with E-state index in [0.29, 0.717) is 36.2 Å². The minimum absolute atomic E-state index is 0.0387. The molecule has 2 aromatic heterocycles. The van der Waals surface area contributed by atoms with E-state index in [1.807, 2.05) is 59.3 Å². The van der Waals surface area contributed by atoms with Crippen LogP contribution in [0.2, 0.25) is 0 Å². The van der Waals surface area contributed by atoms with E-state index in [0.717, 1.165) is 60.5 Å². The Hall–Kier alpha value is -4.63. The van der Waals surface area contributed by atoms with Gasteiger partial charge in [-0.2, -0.15) is 0 Å². The number of carbonyl (C=O) groups excluding carboxylic acids is 2. The van der Waals surface area contributed by atoms with E-state index in [2.05, 4.69) is 33.4 Å². The number of para-hydroxylation sites is 1. The summed E-state index contributed by atoms with van der Waals surface area (Å²) in [5, 5.41) is 1.18. The lowest BCUT2D eigenvalue weighted by molar-refractivity contribution is 0.0261. The number of imidazole rings is 1. The zero-order valence-corrected chi connectivity index (χ0v) is 27.6. The molecule has 0 radical (unpaired) electrons. The van der Waals surface area contributed by atoms with Crippen LogP contribution in [0.5, 0.6) is 5.75 Å². The van der Waals surface area contributed by atoms with Crippen LogP contribution in [0.3, 0.4) is 0 Å². The summed E-state index contributed by atoms with van der Waals surface area (Å²) in [5.74, 6) is 2.93. The van der Waals surface area contributed by atoms with Gasteiger partial charge in [0, 0.05) is 67.7 Å². The van der Waals surface area contributed by atoms with Crippen LogP contribution < -0.4 is 10.5 Å². The molecule has 3 aliphatic heterocycles. The zero-order valence-electron chi connectivity index (χ0n) is 27.6. The molecule has 246 valence electrons. The average Bonchev–Trinajstić information content (AvgIpc) is 3.75. The first-order chi connectivity index (χ1) is 23.4. The number of hydrogen-bond acceptors (Lipinski definition) is 5. The minimum Gasteiger partial charge on any atom is -0.494 e. The number of likely N-dealkylation sites (tertiary alicyclic amines) is 1. The van der Waals surface area contributed by atoms with E-state index in [-0.39, 0.29) is 29.8 Å². The number of carbonyl (C=O) groups is 2. The molecule has 2 N–H and O–H groups in total. The van der Waals surface area contributed by atoms with E-state index in [9.17, 15) is 9.59 Å². The van der Waals surface area contributed by atoms with Crippen LogP contribution in [-0.2, 0) is 13.6 Å². The van der Waals surface area contributed by atoms with Crippen molar-refractivity contribution in [3.05, 3.63) is 83.4 Å². The second-order valence-electron chi connectivity index (χ2n) is 14.5. The van der Waals surface area contributed by atoms with Crippen LogP contribution in [0.1, 0.15) is 64.3 Å². The predicted molar refractivity (Wildman–Crippen MR) is 186 cm³/mol. The molecule has 2 saturated carbocycles. The Kier molecular flexibility index (Phi) is 6.90. The largest absolute Gasteiger partial charge is 0.494 e. The lowest BCUT2D eigenvalue weighted by Crippen LogP contribution is -2.58. The Balaban J connectivity index is 1.09. The van der Waals surface area contributed by atoms with Gasteiger partial charge in [0.15, 0.2) is 5.82 Å². The third-order valence-electron chi connectivity index (χ3n) is 11.5. The Morgan fingerprint density at radius 2 is 1.71 bits per heavy atom. The predicted octanol–water partition coefficient (Wildman–Crippen LogP) is 5.81. The average molecular weight is 643 g/mol. The molecule has 2 aliphatic carbocycles. The standard InChI is InChI=1S/C39H42N6O3/c1-42-36-32(15-27(17-34(36)48-2)39(47)44-22-26-13-14-29(44)18-31(26)40)41-37(42)33-16-25-9-6-10-30(35(25)45(33)19-23-11-12-23)28-20-43(21-28)38(46)24-7-4-3-5-8-24/h3-10,15-17,23,26,28-29,31H,11-14,18-22,40H2,1-2H3/t26-,29-,31+/m1/s1. The van der Waals surface area contributed by atoms with Gasteiger partial charge in [-0.15, -0.1) is 0 Å². The van der Waals surface area contributed by atoms with Crippen molar-refractivity contribution in [3.8, 4) is 17.3 Å². The number of hydrogen-bond donors (Lipinski definition) is 1. The molecule has 3 atom stereocenters. The molecule has 5 aliphatic rings. The van der Waals surface area contributed by atoms with Gasteiger partial charge in [0.1, 0.15) is 11.3 Å². The third-order valence-corrected chi connectivity index (χ3v) is 11.5. The summed E-state index contributed by atoms with van der Waals surface area (Å²) in [7, 11) is 3.71. The number of nitrogens with zero attached hydrogens (tertiary/aromatic N) is 5. The number of fused-ring (bicyclic) bond motifs is 5. The van der Waals surface area contributed by atoms with Crippen LogP contribution in [0.25, 0.3) is 33.5 Å². The second kappa shape index (κ2) is 11.2. The normalized spacial score (nSPS) is 22.4. The maximum Gasteiger partial charge on any atom is 0.254 e. The lowest BCUT2D eigenvalue weighted by Gasteiger charge is -2.48. The Bertz CT molecular complexity index is 2070. The molecule has 2 amide bonds. The van der Waals surface area contributed by atoms with E-state index in [1.165, 1.54) is 29.3 Å². The SMILES string of the molecule is COc1cc(C(=O)N2C[C@H]3CC[C@@H]2C[C@@H]3N)cc2nc(-c3cc4cccc(C5CN(C(=O)c6ccccc6)C5)c4n3CC3CC3)n(C)c12. The highest BCUT2D eigenvalue weighted by Crippen LogP contribution is 2.42. The molecule has 5 fully saturated rings. The molecule has 9 nitrogen and oxygen atoms in total. The summed E-state index contributed by atoms with van der Waals surface area (Å²) in [6.07, 6.45) is 5.46. The smallest absolute Gasteiger partial charge is 0.254 e. The van der Waals surface area contributed by atoms with Crippen molar-refractivity contribution in [2.75, 3.05) is 26.7 Å². The van der Waals surface area contributed by atoms with Gasteiger partial charge in [0.2, 0.25) is 0 Å². The molecule has 0 spiro atoms. The fourth-order valence-electron chi connectivity index (χ4n) is 8.61. The molecule has 10 rings (SSSR count). The van der Waals surface area contributed by atoms with Crippen LogP contribution in [0.15, 0.2) is 66.7 Å². The van der Waals surface area contributed by atoms with E-state index >= 15 is 0 Å². The van der Waals surface area contributed by atoms with Crippen molar-refractivity contribution in [3.63, 3.8) is 0 Å². The second-order valence-corrected chi connectivity index (χ2v) is 14.5. The number of benzene rings is 3. The summed E-state index contributed by atoms with van der Waals surface area (Å²) in [6.45, 7) is 3.07. The third kappa shape index (κ3) is 4.73. The van der Waals surface area contributed by atoms with Crippen molar-refractivity contribution in [2.45, 2.75) is 56.7 Å². The highest BCUT2D eigenvalue weighted by Gasteiger charge is 2.41. The number of methoxy groups -OCH3 is 1. The molecule has 5 heterocycles. The van der Waals surface area contributed by atoms with Crippen LogP contribution >= 0.6 is 0 Å². The van der Waals surface area contributed by atoms with Crippen molar-refractivity contribution < 1.29 is 14.3 Å².